The van der Waals surface area contributed by atoms with Crippen LogP contribution in [0.5, 0.6) is 0 Å². The Kier molecular flexibility index (Phi) is 6.12. The van der Waals surface area contributed by atoms with E-state index in [4.69, 9.17) is 6.42 Å². The highest BCUT2D eigenvalue weighted by Crippen LogP contribution is 1.87. The molecule has 1 N–H and O–H groups in total. The molecule has 0 aliphatic heterocycles. The van der Waals surface area contributed by atoms with E-state index in [9.17, 15) is 4.79 Å². The molecule has 0 aromatic rings. The van der Waals surface area contributed by atoms with Crippen molar-refractivity contribution in [3.05, 3.63) is 0 Å². The van der Waals surface area contributed by atoms with E-state index in [1.807, 2.05) is 6.92 Å². The van der Waals surface area contributed by atoms with Gasteiger partial charge >= 0.3 is 0 Å². The van der Waals surface area contributed by atoms with Crippen molar-refractivity contribution >= 4 is 5.91 Å². The first-order valence-electron chi connectivity index (χ1n) is 4.10. The highest BCUT2D eigenvalue weighted by atomic mass is 16.2. The van der Waals surface area contributed by atoms with E-state index < -0.39 is 0 Å². The van der Waals surface area contributed by atoms with Crippen LogP contribution in [0, 0.1) is 12.3 Å². The fourth-order valence-corrected chi connectivity index (χ4v) is 0.788. The lowest BCUT2D eigenvalue weighted by molar-refractivity contribution is -0.129. The molecule has 0 heterocycles. The molecule has 0 fully saturated rings. The van der Waals surface area contributed by atoms with Crippen molar-refractivity contribution in [1.82, 2.24) is 10.2 Å². The first kappa shape index (κ1) is 11.0. The topological polar surface area (TPSA) is 32.3 Å². The number of rotatable bonds is 5. The van der Waals surface area contributed by atoms with Crippen molar-refractivity contribution in [1.29, 1.82) is 0 Å². The van der Waals surface area contributed by atoms with Gasteiger partial charge in [-0.2, -0.15) is 0 Å². The Morgan fingerprint density at radius 1 is 1.67 bits per heavy atom. The molecule has 3 nitrogen and oxygen atoms in total. The van der Waals surface area contributed by atoms with Gasteiger partial charge in [-0.25, -0.2) is 0 Å². The average molecular weight is 168 g/mol. The van der Waals surface area contributed by atoms with Crippen molar-refractivity contribution in [2.45, 2.75) is 13.3 Å². The molecule has 0 saturated carbocycles. The number of nitrogens with zero attached hydrogens (tertiary/aromatic N) is 1. The van der Waals surface area contributed by atoms with Gasteiger partial charge in [0.05, 0.1) is 6.54 Å². The summed E-state index contributed by atoms with van der Waals surface area (Å²) < 4.78 is 0. The van der Waals surface area contributed by atoms with E-state index in [2.05, 4.69) is 11.2 Å². The first-order valence-corrected chi connectivity index (χ1v) is 4.10. The Morgan fingerprint density at radius 3 is 2.83 bits per heavy atom. The standard InChI is InChI=1S/C9H16N2O/c1-4-8-11(3)9(12)6-7-10-5-2/h1,10H,5-8H2,2-3H3. The Labute approximate surface area is 74.1 Å². The summed E-state index contributed by atoms with van der Waals surface area (Å²) in [6.07, 6.45) is 5.58. The average Bonchev–Trinajstić information content (AvgIpc) is 2.05. The number of hydrogen-bond acceptors (Lipinski definition) is 2. The largest absolute Gasteiger partial charge is 0.335 e. The molecule has 1 amide bonds. The number of amides is 1. The third kappa shape index (κ3) is 4.75. The van der Waals surface area contributed by atoms with Crippen molar-refractivity contribution in [3.63, 3.8) is 0 Å². The predicted octanol–water partition coefficient (Wildman–Crippen LogP) is 0.0776. The van der Waals surface area contributed by atoms with Crippen LogP contribution in [0.25, 0.3) is 0 Å². The van der Waals surface area contributed by atoms with Crippen molar-refractivity contribution in [3.8, 4) is 12.3 Å². The monoisotopic (exact) mass is 168 g/mol. The summed E-state index contributed by atoms with van der Waals surface area (Å²) in [5.74, 6) is 2.52. The quantitative estimate of drug-likeness (QED) is 0.465. The van der Waals surface area contributed by atoms with Gasteiger partial charge in [0.15, 0.2) is 0 Å². The summed E-state index contributed by atoms with van der Waals surface area (Å²) in [6.45, 7) is 4.02. The van der Waals surface area contributed by atoms with Crippen LogP contribution in [0.15, 0.2) is 0 Å². The summed E-state index contributed by atoms with van der Waals surface area (Å²) in [7, 11) is 1.72. The van der Waals surface area contributed by atoms with E-state index in [0.717, 1.165) is 13.1 Å². The minimum atomic E-state index is 0.0916. The zero-order valence-electron chi connectivity index (χ0n) is 7.76. The third-order valence-corrected chi connectivity index (χ3v) is 1.52. The van der Waals surface area contributed by atoms with Crippen LogP contribution in [-0.2, 0) is 4.79 Å². The molecule has 0 aromatic carbocycles. The summed E-state index contributed by atoms with van der Waals surface area (Å²) in [4.78, 5) is 12.8. The van der Waals surface area contributed by atoms with Crippen LogP contribution in [-0.4, -0.2) is 37.5 Å². The van der Waals surface area contributed by atoms with Crippen LogP contribution in [0.2, 0.25) is 0 Å². The predicted molar refractivity (Wildman–Crippen MR) is 49.6 cm³/mol. The van der Waals surface area contributed by atoms with Crippen molar-refractivity contribution < 1.29 is 4.79 Å². The first-order chi connectivity index (χ1) is 5.72. The molecule has 0 aromatic heterocycles. The molecular weight excluding hydrogens is 152 g/mol. The van der Waals surface area contributed by atoms with Gasteiger partial charge in [-0.3, -0.25) is 4.79 Å². The van der Waals surface area contributed by atoms with Crippen LogP contribution >= 0.6 is 0 Å². The smallest absolute Gasteiger partial charge is 0.224 e. The molecule has 0 atom stereocenters. The highest BCUT2D eigenvalue weighted by molar-refractivity contribution is 5.76. The lowest BCUT2D eigenvalue weighted by Gasteiger charge is -2.13. The summed E-state index contributed by atoms with van der Waals surface area (Å²) in [5, 5.41) is 3.08. The van der Waals surface area contributed by atoms with Gasteiger partial charge in [0.25, 0.3) is 0 Å². The zero-order valence-corrected chi connectivity index (χ0v) is 7.76. The number of nitrogens with one attached hydrogen (secondary N) is 1. The molecule has 0 radical (unpaired) electrons. The van der Waals surface area contributed by atoms with Crippen molar-refractivity contribution in [2.75, 3.05) is 26.7 Å². The Hall–Kier alpha value is -1.01. The maximum atomic E-state index is 11.2. The van der Waals surface area contributed by atoms with Gasteiger partial charge in [0, 0.05) is 20.0 Å². The fourth-order valence-electron chi connectivity index (χ4n) is 0.788. The van der Waals surface area contributed by atoms with Crippen LogP contribution in [0.4, 0.5) is 0 Å². The van der Waals surface area contributed by atoms with Gasteiger partial charge in [-0.15, -0.1) is 6.42 Å². The summed E-state index contributed by atoms with van der Waals surface area (Å²) in [6, 6.07) is 0. The van der Waals surface area contributed by atoms with E-state index in [0.29, 0.717) is 13.0 Å². The van der Waals surface area contributed by atoms with E-state index in [-0.39, 0.29) is 5.91 Å². The second-order valence-corrected chi connectivity index (χ2v) is 2.56. The maximum Gasteiger partial charge on any atom is 0.224 e. The number of terminal acetylenes is 1. The summed E-state index contributed by atoms with van der Waals surface area (Å²) in [5.41, 5.74) is 0. The van der Waals surface area contributed by atoms with Gasteiger partial charge < -0.3 is 10.2 Å². The molecule has 68 valence electrons. The van der Waals surface area contributed by atoms with Gasteiger partial charge in [-0.1, -0.05) is 12.8 Å². The van der Waals surface area contributed by atoms with E-state index >= 15 is 0 Å². The minimum Gasteiger partial charge on any atom is -0.335 e. The molecule has 0 rings (SSSR count). The molecular formula is C9H16N2O. The summed E-state index contributed by atoms with van der Waals surface area (Å²) >= 11 is 0. The van der Waals surface area contributed by atoms with Crippen LogP contribution < -0.4 is 5.32 Å². The number of carbonyl (C=O) groups excluding carboxylic acids is 1. The molecule has 3 heteroatoms. The second kappa shape index (κ2) is 6.68. The number of carbonyl (C=O) groups is 1. The lowest BCUT2D eigenvalue weighted by Crippen LogP contribution is -2.30. The lowest BCUT2D eigenvalue weighted by atomic mass is 10.3. The molecule has 0 aliphatic rings. The normalized spacial score (nSPS) is 9.08. The second-order valence-electron chi connectivity index (χ2n) is 2.56. The molecule has 0 saturated heterocycles. The number of hydrogen-bond donors (Lipinski definition) is 1. The fraction of sp³-hybridized carbons (Fsp3) is 0.667. The van der Waals surface area contributed by atoms with Gasteiger partial charge in [0.1, 0.15) is 0 Å². The Morgan fingerprint density at radius 2 is 2.33 bits per heavy atom. The molecule has 12 heavy (non-hydrogen) atoms. The third-order valence-electron chi connectivity index (χ3n) is 1.52. The molecule has 0 spiro atoms. The Bertz CT molecular complexity index is 172. The van der Waals surface area contributed by atoms with Gasteiger partial charge in [-0.05, 0) is 6.54 Å². The SMILES string of the molecule is C#CCN(C)C(=O)CCNCC. The van der Waals surface area contributed by atoms with Gasteiger partial charge in [0.2, 0.25) is 5.91 Å². The molecule has 0 bridgehead atoms. The van der Waals surface area contributed by atoms with Crippen LogP contribution in [0.1, 0.15) is 13.3 Å². The Balaban J connectivity index is 3.51. The van der Waals surface area contributed by atoms with Crippen LogP contribution in [0.3, 0.4) is 0 Å². The minimum absolute atomic E-state index is 0.0916. The highest BCUT2D eigenvalue weighted by Gasteiger charge is 2.05. The van der Waals surface area contributed by atoms with E-state index in [1.54, 1.807) is 11.9 Å². The molecule has 0 aliphatic carbocycles. The molecule has 0 unspecified atom stereocenters. The zero-order chi connectivity index (χ0) is 9.40. The van der Waals surface area contributed by atoms with E-state index in [1.165, 1.54) is 0 Å². The van der Waals surface area contributed by atoms with Crippen molar-refractivity contribution in [2.24, 2.45) is 0 Å². The maximum absolute atomic E-state index is 11.2.